The van der Waals surface area contributed by atoms with Crippen LogP contribution in [0.25, 0.3) is 0 Å². The van der Waals surface area contributed by atoms with Crippen LogP contribution in [0.15, 0.2) is 77.0 Å². The van der Waals surface area contributed by atoms with Gasteiger partial charge in [-0.2, -0.15) is 10.4 Å². The summed E-state index contributed by atoms with van der Waals surface area (Å²) >= 11 is 0. The summed E-state index contributed by atoms with van der Waals surface area (Å²) in [5, 5.41) is 29.0. The quantitative estimate of drug-likeness (QED) is 0.0892. The SMILES string of the molecule is CCOc1cc([C@@H]2NC(=O)NC(C)=C2C(=O)OC)ccc1OC[C@@H](O)N/N=C/c1cccc(OC)c1OCc1ccc(C#N)cc1. The number of nitrogens with one attached hydrogen (secondary N) is 3. The zero-order valence-electron chi connectivity index (χ0n) is 25.8. The van der Waals surface area contributed by atoms with Crippen molar-refractivity contribution in [1.82, 2.24) is 16.1 Å². The fourth-order valence-corrected chi connectivity index (χ4v) is 4.60. The number of carbonyl (C=O) groups is 2. The maximum atomic E-state index is 12.5. The normalized spacial score (nSPS) is 14.9. The van der Waals surface area contributed by atoms with E-state index in [1.54, 1.807) is 62.4 Å². The number of methoxy groups -OCH3 is 2. The molecule has 13 heteroatoms. The van der Waals surface area contributed by atoms with Crippen molar-refractivity contribution in [3.63, 3.8) is 0 Å². The minimum absolute atomic E-state index is 0.187. The number of nitrogens with zero attached hydrogens (tertiary/aromatic N) is 2. The number of aliphatic hydroxyl groups is 1. The van der Waals surface area contributed by atoms with Gasteiger partial charge in [-0.05, 0) is 61.4 Å². The van der Waals surface area contributed by atoms with Crippen molar-refractivity contribution in [3.05, 3.63) is 94.2 Å². The lowest BCUT2D eigenvalue weighted by molar-refractivity contribution is -0.136. The first-order chi connectivity index (χ1) is 22.3. The lowest BCUT2D eigenvalue weighted by Crippen LogP contribution is -2.45. The summed E-state index contributed by atoms with van der Waals surface area (Å²) in [6.07, 6.45) is 0.293. The number of allylic oxidation sites excluding steroid dienone is 1. The van der Waals surface area contributed by atoms with Crippen LogP contribution in [0.2, 0.25) is 0 Å². The number of esters is 1. The first kappa shape index (κ1) is 33.2. The number of rotatable bonds is 14. The Balaban J connectivity index is 1.41. The Morgan fingerprint density at radius 3 is 2.57 bits per heavy atom. The minimum atomic E-state index is -1.20. The summed E-state index contributed by atoms with van der Waals surface area (Å²) in [6.45, 7) is 3.79. The van der Waals surface area contributed by atoms with Gasteiger partial charge < -0.3 is 39.4 Å². The van der Waals surface area contributed by atoms with Crippen molar-refractivity contribution < 1.29 is 38.4 Å². The third-order valence-corrected chi connectivity index (χ3v) is 6.79. The molecule has 0 saturated carbocycles. The lowest BCUT2D eigenvalue weighted by Gasteiger charge is -2.28. The number of hydrogen-bond donors (Lipinski definition) is 4. The Kier molecular flexibility index (Phi) is 11.4. The second-order valence-corrected chi connectivity index (χ2v) is 9.89. The Labute approximate surface area is 266 Å². The average molecular weight is 630 g/mol. The van der Waals surface area contributed by atoms with E-state index in [1.807, 2.05) is 12.1 Å². The van der Waals surface area contributed by atoms with E-state index in [-0.39, 0.29) is 18.8 Å². The molecule has 13 nitrogen and oxygen atoms in total. The van der Waals surface area contributed by atoms with E-state index in [9.17, 15) is 14.7 Å². The van der Waals surface area contributed by atoms with Crippen LogP contribution in [0.4, 0.5) is 4.79 Å². The minimum Gasteiger partial charge on any atom is -0.493 e. The van der Waals surface area contributed by atoms with Gasteiger partial charge in [-0.15, -0.1) is 0 Å². The number of ether oxygens (including phenoxy) is 5. The van der Waals surface area contributed by atoms with Gasteiger partial charge in [0.05, 0.1) is 50.3 Å². The van der Waals surface area contributed by atoms with Crippen molar-refractivity contribution in [3.8, 4) is 29.1 Å². The van der Waals surface area contributed by atoms with Gasteiger partial charge in [-0.1, -0.05) is 24.3 Å². The van der Waals surface area contributed by atoms with E-state index < -0.39 is 24.3 Å². The van der Waals surface area contributed by atoms with Crippen LogP contribution in [-0.4, -0.2) is 57.0 Å². The topological polar surface area (TPSA) is 173 Å². The van der Waals surface area contributed by atoms with Gasteiger partial charge in [0.25, 0.3) is 0 Å². The Morgan fingerprint density at radius 2 is 1.87 bits per heavy atom. The number of nitriles is 1. The molecule has 0 radical (unpaired) electrons. The van der Waals surface area contributed by atoms with Crippen LogP contribution in [-0.2, 0) is 16.1 Å². The summed E-state index contributed by atoms with van der Waals surface area (Å²) < 4.78 is 28.0. The first-order valence-electron chi connectivity index (χ1n) is 14.3. The highest BCUT2D eigenvalue weighted by Gasteiger charge is 2.32. The second kappa shape index (κ2) is 15.8. The molecule has 1 aliphatic rings. The van der Waals surface area contributed by atoms with Crippen molar-refractivity contribution >= 4 is 18.2 Å². The van der Waals surface area contributed by atoms with E-state index in [4.69, 9.17) is 28.9 Å². The van der Waals surface area contributed by atoms with Crippen LogP contribution in [0.3, 0.4) is 0 Å². The molecule has 0 spiro atoms. The highest BCUT2D eigenvalue weighted by Crippen LogP contribution is 2.35. The summed E-state index contributed by atoms with van der Waals surface area (Å²) in [7, 11) is 2.80. The maximum absolute atomic E-state index is 12.5. The van der Waals surface area contributed by atoms with Crippen LogP contribution >= 0.6 is 0 Å². The number of hydrogen-bond acceptors (Lipinski definition) is 11. The van der Waals surface area contributed by atoms with Gasteiger partial charge in [0, 0.05) is 11.3 Å². The summed E-state index contributed by atoms with van der Waals surface area (Å²) in [4.78, 5) is 24.6. The zero-order chi connectivity index (χ0) is 33.1. The fourth-order valence-electron chi connectivity index (χ4n) is 4.60. The zero-order valence-corrected chi connectivity index (χ0v) is 25.8. The third kappa shape index (κ3) is 8.25. The summed E-state index contributed by atoms with van der Waals surface area (Å²) in [5.41, 5.74) is 5.86. The van der Waals surface area contributed by atoms with Gasteiger partial charge in [-0.3, -0.25) is 5.43 Å². The van der Waals surface area contributed by atoms with E-state index in [0.29, 0.717) is 52.0 Å². The van der Waals surface area contributed by atoms with Crippen LogP contribution < -0.4 is 35.0 Å². The van der Waals surface area contributed by atoms with E-state index in [1.165, 1.54) is 20.4 Å². The monoisotopic (exact) mass is 629 g/mol. The van der Waals surface area contributed by atoms with E-state index >= 15 is 0 Å². The van der Waals surface area contributed by atoms with Gasteiger partial charge in [0.2, 0.25) is 0 Å². The largest absolute Gasteiger partial charge is 0.493 e. The Bertz CT molecular complexity index is 1650. The molecule has 1 heterocycles. The Hall–Kier alpha value is -5.74. The fraction of sp³-hybridized carbons (Fsp3) is 0.273. The molecule has 240 valence electrons. The van der Waals surface area contributed by atoms with Gasteiger partial charge in [0.1, 0.15) is 13.2 Å². The molecule has 4 rings (SSSR count). The van der Waals surface area contributed by atoms with Gasteiger partial charge >= 0.3 is 12.0 Å². The highest BCUT2D eigenvalue weighted by atomic mass is 16.5. The van der Waals surface area contributed by atoms with Crippen molar-refractivity contribution in [2.75, 3.05) is 27.4 Å². The van der Waals surface area contributed by atoms with Crippen LogP contribution in [0.1, 0.15) is 42.1 Å². The van der Waals surface area contributed by atoms with Crippen molar-refractivity contribution in [2.24, 2.45) is 5.10 Å². The number of amides is 2. The number of benzene rings is 3. The second-order valence-electron chi connectivity index (χ2n) is 9.89. The molecule has 0 aliphatic carbocycles. The number of urea groups is 1. The predicted molar refractivity (Wildman–Crippen MR) is 167 cm³/mol. The third-order valence-electron chi connectivity index (χ3n) is 6.79. The molecule has 3 aromatic rings. The molecule has 2 amide bonds. The molecule has 2 atom stereocenters. The summed E-state index contributed by atoms with van der Waals surface area (Å²) in [6, 6.07) is 18.2. The molecular weight excluding hydrogens is 594 g/mol. The highest BCUT2D eigenvalue weighted by molar-refractivity contribution is 5.95. The van der Waals surface area contributed by atoms with E-state index in [2.05, 4.69) is 27.2 Å². The molecule has 1 aliphatic heterocycles. The molecule has 46 heavy (non-hydrogen) atoms. The molecular formula is C33H35N5O8. The molecule has 0 unspecified atom stereocenters. The molecule has 0 aromatic heterocycles. The Morgan fingerprint density at radius 1 is 1.09 bits per heavy atom. The number of hydrazone groups is 1. The van der Waals surface area contributed by atoms with Gasteiger partial charge in [-0.25, -0.2) is 9.59 Å². The molecule has 3 aromatic carbocycles. The molecule has 0 saturated heterocycles. The summed E-state index contributed by atoms with van der Waals surface area (Å²) in [5.74, 6) is 1.06. The van der Waals surface area contributed by atoms with Crippen molar-refractivity contribution in [2.45, 2.75) is 32.7 Å². The maximum Gasteiger partial charge on any atom is 0.337 e. The number of carbonyl (C=O) groups excluding carboxylic acids is 2. The first-order valence-corrected chi connectivity index (χ1v) is 14.3. The molecule has 0 fully saturated rings. The van der Waals surface area contributed by atoms with Crippen LogP contribution in [0.5, 0.6) is 23.0 Å². The van der Waals surface area contributed by atoms with Gasteiger partial charge in [0.15, 0.2) is 29.2 Å². The molecule has 4 N–H and O–H groups in total. The van der Waals surface area contributed by atoms with E-state index in [0.717, 1.165) is 5.56 Å². The van der Waals surface area contributed by atoms with Crippen LogP contribution in [0, 0.1) is 11.3 Å². The lowest BCUT2D eigenvalue weighted by atomic mass is 9.95. The standard InChI is InChI=1S/C33H35N5O8/c1-5-44-27-15-23(30-29(32(40)43-4)20(2)36-33(41)37-30)13-14-25(27)45-19-28(39)38-35-17-24-7-6-8-26(42-3)31(24)46-18-22-11-9-21(16-34)10-12-22/h6-15,17,28,30,38-39H,5,18-19H2,1-4H3,(H2,36,37,41)/b35-17+/t28-,30+/m1/s1. The van der Waals surface area contributed by atoms with Crippen molar-refractivity contribution in [1.29, 1.82) is 5.26 Å². The average Bonchev–Trinajstić information content (AvgIpc) is 3.06. The number of para-hydroxylation sites is 1. The smallest absolute Gasteiger partial charge is 0.337 e. The predicted octanol–water partition coefficient (Wildman–Crippen LogP) is 3.67. The number of aliphatic hydroxyl groups excluding tert-OH is 1. The molecule has 0 bridgehead atoms.